The second-order valence-electron chi connectivity index (χ2n) is 4.27. The van der Waals surface area contributed by atoms with E-state index >= 15 is 0 Å². The number of hydrogen-bond donors (Lipinski definition) is 2. The van der Waals surface area contributed by atoms with E-state index in [2.05, 4.69) is 10.4 Å². The van der Waals surface area contributed by atoms with Gasteiger partial charge in [-0.15, -0.1) is 11.3 Å². The molecule has 0 bridgehead atoms. The number of benzene rings is 1. The highest BCUT2D eigenvalue weighted by molar-refractivity contribution is 7.15. The van der Waals surface area contributed by atoms with Gasteiger partial charge in [-0.1, -0.05) is 29.8 Å². The molecular weight excluding hydrogens is 280 g/mol. The van der Waals surface area contributed by atoms with Crippen molar-refractivity contribution < 1.29 is 0 Å². The van der Waals surface area contributed by atoms with Gasteiger partial charge in [0.1, 0.15) is 0 Å². The zero-order valence-corrected chi connectivity index (χ0v) is 11.7. The lowest BCUT2D eigenvalue weighted by Crippen LogP contribution is -2.29. The van der Waals surface area contributed by atoms with Gasteiger partial charge in [0.25, 0.3) is 0 Å². The summed E-state index contributed by atoms with van der Waals surface area (Å²) in [6.45, 7) is 0. The van der Waals surface area contributed by atoms with E-state index < -0.39 is 0 Å². The van der Waals surface area contributed by atoms with Crippen LogP contribution in [0.3, 0.4) is 0 Å². The molecule has 6 heteroatoms. The number of imidazole rings is 1. The van der Waals surface area contributed by atoms with E-state index in [9.17, 15) is 0 Å². The minimum atomic E-state index is -0.0432. The van der Waals surface area contributed by atoms with Crippen molar-refractivity contribution in [1.29, 1.82) is 0 Å². The molecule has 1 atom stereocenters. The number of aromatic nitrogens is 2. The second-order valence-corrected chi connectivity index (χ2v) is 5.55. The van der Waals surface area contributed by atoms with E-state index in [0.717, 1.165) is 16.2 Å². The first kappa shape index (κ1) is 12.6. The summed E-state index contributed by atoms with van der Waals surface area (Å²) in [4.78, 5) is 5.55. The molecule has 0 saturated carbocycles. The van der Waals surface area contributed by atoms with Crippen LogP contribution in [-0.2, 0) is 6.42 Å². The van der Waals surface area contributed by atoms with E-state index in [4.69, 9.17) is 17.4 Å². The number of halogens is 1. The molecular formula is C13H13ClN4S. The lowest BCUT2D eigenvalue weighted by molar-refractivity contribution is 0.547. The van der Waals surface area contributed by atoms with Crippen LogP contribution in [0.4, 0.5) is 0 Å². The number of nitrogens with two attached hydrogens (primary N) is 1. The molecule has 3 rings (SSSR count). The van der Waals surface area contributed by atoms with Crippen molar-refractivity contribution in [2.45, 2.75) is 12.5 Å². The lowest BCUT2D eigenvalue weighted by atomic mass is 10.0. The summed E-state index contributed by atoms with van der Waals surface area (Å²) in [6, 6.07) is 7.67. The number of hydrazine groups is 1. The smallest absolute Gasteiger partial charge is 0.193 e. The minimum absolute atomic E-state index is 0.0432. The summed E-state index contributed by atoms with van der Waals surface area (Å²) in [5, 5.41) is 2.73. The SMILES string of the molecule is NNC(Cc1cn2ccsc2n1)c1ccccc1Cl. The van der Waals surface area contributed by atoms with Crippen molar-refractivity contribution in [3.63, 3.8) is 0 Å². The number of nitrogens with one attached hydrogen (secondary N) is 1. The Hall–Kier alpha value is -1.40. The molecule has 0 fully saturated rings. The summed E-state index contributed by atoms with van der Waals surface area (Å²) < 4.78 is 2.01. The molecule has 0 aliphatic rings. The highest BCUT2D eigenvalue weighted by Gasteiger charge is 2.15. The zero-order valence-electron chi connectivity index (χ0n) is 10.1. The Morgan fingerprint density at radius 1 is 1.42 bits per heavy atom. The van der Waals surface area contributed by atoms with Crippen LogP contribution >= 0.6 is 22.9 Å². The molecule has 1 aromatic carbocycles. The zero-order chi connectivity index (χ0) is 13.2. The average molecular weight is 293 g/mol. The molecule has 2 aromatic heterocycles. The summed E-state index contributed by atoms with van der Waals surface area (Å²) in [5.41, 5.74) is 4.80. The number of thiazole rings is 1. The maximum atomic E-state index is 6.20. The standard InChI is InChI=1S/C13H13ClN4S/c14-11-4-2-1-3-10(11)12(17-15)7-9-8-18-5-6-19-13(18)16-9/h1-6,8,12,17H,7,15H2. The maximum absolute atomic E-state index is 6.20. The Balaban J connectivity index is 1.87. The van der Waals surface area contributed by atoms with Crippen LogP contribution < -0.4 is 11.3 Å². The molecule has 3 N–H and O–H groups in total. The molecule has 0 aliphatic carbocycles. The predicted octanol–water partition coefficient (Wildman–Crippen LogP) is 2.80. The predicted molar refractivity (Wildman–Crippen MR) is 78.3 cm³/mol. The van der Waals surface area contributed by atoms with Crippen molar-refractivity contribution in [1.82, 2.24) is 14.8 Å². The number of fused-ring (bicyclic) bond motifs is 1. The fraction of sp³-hybridized carbons (Fsp3) is 0.154. The van der Waals surface area contributed by atoms with Gasteiger partial charge in [0.05, 0.1) is 11.7 Å². The van der Waals surface area contributed by atoms with E-state index in [1.807, 2.05) is 46.4 Å². The van der Waals surface area contributed by atoms with Crippen LogP contribution in [0.5, 0.6) is 0 Å². The van der Waals surface area contributed by atoms with Crippen molar-refractivity contribution in [3.8, 4) is 0 Å². The van der Waals surface area contributed by atoms with Crippen LogP contribution in [-0.4, -0.2) is 9.38 Å². The van der Waals surface area contributed by atoms with Crippen LogP contribution in [0.2, 0.25) is 5.02 Å². The first-order valence-corrected chi connectivity index (χ1v) is 7.15. The van der Waals surface area contributed by atoms with Gasteiger partial charge < -0.3 is 0 Å². The molecule has 98 valence electrons. The summed E-state index contributed by atoms with van der Waals surface area (Å²) in [5.74, 6) is 5.65. The molecule has 0 amide bonds. The van der Waals surface area contributed by atoms with Gasteiger partial charge in [0.15, 0.2) is 4.96 Å². The fourth-order valence-corrected chi connectivity index (χ4v) is 3.09. The molecule has 19 heavy (non-hydrogen) atoms. The van der Waals surface area contributed by atoms with Crippen molar-refractivity contribution in [2.75, 3.05) is 0 Å². The first-order chi connectivity index (χ1) is 9.28. The van der Waals surface area contributed by atoms with E-state index in [-0.39, 0.29) is 6.04 Å². The van der Waals surface area contributed by atoms with Gasteiger partial charge >= 0.3 is 0 Å². The van der Waals surface area contributed by atoms with Crippen LogP contribution in [0, 0.1) is 0 Å². The van der Waals surface area contributed by atoms with Gasteiger partial charge in [-0.25, -0.2) is 4.98 Å². The van der Waals surface area contributed by atoms with Crippen molar-refractivity contribution in [2.24, 2.45) is 5.84 Å². The van der Waals surface area contributed by atoms with Gasteiger partial charge in [0.2, 0.25) is 0 Å². The van der Waals surface area contributed by atoms with E-state index in [1.165, 1.54) is 0 Å². The van der Waals surface area contributed by atoms with Gasteiger partial charge in [-0.05, 0) is 11.6 Å². The van der Waals surface area contributed by atoms with Crippen LogP contribution in [0.1, 0.15) is 17.3 Å². The highest BCUT2D eigenvalue weighted by atomic mass is 35.5. The molecule has 1 unspecified atom stereocenters. The Labute approximate surface area is 119 Å². The molecule has 0 radical (unpaired) electrons. The third-order valence-electron chi connectivity index (χ3n) is 3.04. The molecule has 0 aliphatic heterocycles. The minimum Gasteiger partial charge on any atom is -0.297 e. The van der Waals surface area contributed by atoms with Crippen molar-refractivity contribution >= 4 is 27.9 Å². The molecule has 2 heterocycles. The van der Waals surface area contributed by atoms with E-state index in [1.54, 1.807) is 11.3 Å². The van der Waals surface area contributed by atoms with Crippen LogP contribution in [0.15, 0.2) is 42.0 Å². The Morgan fingerprint density at radius 2 is 2.26 bits per heavy atom. The largest absolute Gasteiger partial charge is 0.297 e. The average Bonchev–Trinajstić information content (AvgIpc) is 2.97. The Bertz CT molecular complexity index is 662. The van der Waals surface area contributed by atoms with Gasteiger partial charge in [-0.2, -0.15) is 0 Å². The molecule has 3 aromatic rings. The monoisotopic (exact) mass is 292 g/mol. The molecule has 0 spiro atoms. The summed E-state index contributed by atoms with van der Waals surface area (Å²) >= 11 is 7.82. The third-order valence-corrected chi connectivity index (χ3v) is 4.15. The quantitative estimate of drug-likeness (QED) is 0.574. The van der Waals surface area contributed by atoms with E-state index in [0.29, 0.717) is 11.4 Å². The Kier molecular flexibility index (Phi) is 3.52. The number of rotatable bonds is 4. The highest BCUT2D eigenvalue weighted by Crippen LogP contribution is 2.25. The summed E-state index contributed by atoms with van der Waals surface area (Å²) in [6.07, 6.45) is 4.72. The van der Waals surface area contributed by atoms with Crippen LogP contribution in [0.25, 0.3) is 4.96 Å². The fourth-order valence-electron chi connectivity index (χ4n) is 2.10. The van der Waals surface area contributed by atoms with Crippen molar-refractivity contribution in [3.05, 3.63) is 58.3 Å². The van der Waals surface area contributed by atoms with Gasteiger partial charge in [0, 0.05) is 29.2 Å². The number of nitrogens with zero attached hydrogens (tertiary/aromatic N) is 2. The third kappa shape index (κ3) is 2.50. The Morgan fingerprint density at radius 3 is 3.00 bits per heavy atom. The first-order valence-electron chi connectivity index (χ1n) is 5.89. The maximum Gasteiger partial charge on any atom is 0.193 e. The molecule has 0 saturated heterocycles. The lowest BCUT2D eigenvalue weighted by Gasteiger charge is -2.16. The molecule has 4 nitrogen and oxygen atoms in total. The second kappa shape index (κ2) is 5.30. The number of hydrogen-bond acceptors (Lipinski definition) is 4. The topological polar surface area (TPSA) is 55.3 Å². The summed E-state index contributed by atoms with van der Waals surface area (Å²) in [7, 11) is 0. The van der Waals surface area contributed by atoms with Gasteiger partial charge in [-0.3, -0.25) is 15.7 Å². The normalized spacial score (nSPS) is 12.9.